The first kappa shape index (κ1) is 14.6. The molecular formula is C18H12N3O2S-. The molecule has 0 saturated heterocycles. The number of hydrogen-bond acceptors (Lipinski definition) is 5. The summed E-state index contributed by atoms with van der Waals surface area (Å²) < 4.78 is 1.67. The van der Waals surface area contributed by atoms with Gasteiger partial charge < -0.3 is 9.90 Å². The Morgan fingerprint density at radius 2 is 1.96 bits per heavy atom. The van der Waals surface area contributed by atoms with E-state index in [-0.39, 0.29) is 5.56 Å². The molecule has 4 rings (SSSR count). The van der Waals surface area contributed by atoms with Crippen LogP contribution in [0.4, 0.5) is 0 Å². The van der Waals surface area contributed by atoms with Crippen molar-refractivity contribution in [3.63, 3.8) is 0 Å². The van der Waals surface area contributed by atoms with Crippen LogP contribution in [0.3, 0.4) is 0 Å². The van der Waals surface area contributed by atoms with Crippen molar-refractivity contribution in [2.24, 2.45) is 0 Å². The van der Waals surface area contributed by atoms with Gasteiger partial charge in [-0.2, -0.15) is 5.10 Å². The fourth-order valence-corrected chi connectivity index (χ4v) is 3.44. The predicted octanol–water partition coefficient (Wildman–Crippen LogP) is 2.82. The summed E-state index contributed by atoms with van der Waals surface area (Å²) >= 11 is 1.51. The molecule has 0 unspecified atom stereocenters. The number of carbonyl (C=O) groups is 1. The highest BCUT2D eigenvalue weighted by Gasteiger charge is 2.17. The van der Waals surface area contributed by atoms with Gasteiger partial charge in [0.2, 0.25) is 0 Å². The second-order valence-corrected chi connectivity index (χ2v) is 6.30. The molecule has 0 aliphatic heterocycles. The Morgan fingerprint density at radius 1 is 1.17 bits per heavy atom. The minimum absolute atomic E-state index is 0.114. The average molecular weight is 334 g/mol. The highest BCUT2D eigenvalue weighted by Crippen LogP contribution is 2.30. The topological polar surface area (TPSA) is 70.8 Å². The maximum Gasteiger partial charge on any atom is 0.164 e. The fourth-order valence-electron chi connectivity index (χ4n) is 2.75. The molecule has 3 heterocycles. The van der Waals surface area contributed by atoms with Crippen LogP contribution in [0.15, 0.2) is 53.9 Å². The van der Waals surface area contributed by atoms with Crippen LogP contribution in [0.1, 0.15) is 16.1 Å². The molecule has 0 radical (unpaired) electrons. The number of benzene rings is 1. The first-order chi connectivity index (χ1) is 11.6. The van der Waals surface area contributed by atoms with E-state index in [4.69, 9.17) is 0 Å². The number of aryl methyl sites for hydroxylation is 1. The van der Waals surface area contributed by atoms with Crippen LogP contribution < -0.4 is 5.11 Å². The van der Waals surface area contributed by atoms with Crippen LogP contribution in [0.25, 0.3) is 27.3 Å². The van der Waals surface area contributed by atoms with Gasteiger partial charge in [-0.3, -0.25) is 0 Å². The molecule has 4 aromatic rings. The third-order valence-corrected chi connectivity index (χ3v) is 4.70. The molecule has 6 heteroatoms. The summed E-state index contributed by atoms with van der Waals surface area (Å²) in [6.45, 7) is 1.78. The van der Waals surface area contributed by atoms with E-state index in [1.807, 2.05) is 47.8 Å². The minimum Gasteiger partial charge on any atom is -0.545 e. The number of fused-ring (bicyclic) bond motifs is 1. The summed E-state index contributed by atoms with van der Waals surface area (Å²) in [5.74, 6) is -1.23. The lowest BCUT2D eigenvalue weighted by Gasteiger charge is -2.09. The Labute approximate surface area is 141 Å². The number of aromatic nitrogens is 3. The molecular weight excluding hydrogens is 322 g/mol. The molecule has 0 bridgehead atoms. The van der Waals surface area contributed by atoms with Crippen molar-refractivity contribution in [3.05, 3.63) is 65.2 Å². The van der Waals surface area contributed by atoms with E-state index in [1.165, 1.54) is 11.3 Å². The normalized spacial score (nSPS) is 11.0. The number of pyridine rings is 1. The fraction of sp³-hybridized carbons (Fsp3) is 0.0556. The van der Waals surface area contributed by atoms with Crippen LogP contribution in [0, 0.1) is 6.92 Å². The molecule has 0 aliphatic carbocycles. The Bertz CT molecular complexity index is 1040. The van der Waals surface area contributed by atoms with Crippen molar-refractivity contribution in [1.82, 2.24) is 14.8 Å². The van der Waals surface area contributed by atoms with Gasteiger partial charge in [-0.05, 0) is 36.6 Å². The summed E-state index contributed by atoms with van der Waals surface area (Å²) in [5.41, 5.74) is 2.68. The lowest BCUT2D eigenvalue weighted by molar-refractivity contribution is -0.254. The number of hydrogen-bond donors (Lipinski definition) is 0. The van der Waals surface area contributed by atoms with Crippen molar-refractivity contribution in [3.8, 4) is 16.3 Å². The largest absolute Gasteiger partial charge is 0.545 e. The van der Waals surface area contributed by atoms with Gasteiger partial charge in [-0.1, -0.05) is 24.3 Å². The van der Waals surface area contributed by atoms with E-state index in [0.717, 1.165) is 10.6 Å². The molecule has 0 spiro atoms. The monoisotopic (exact) mass is 334 g/mol. The van der Waals surface area contributed by atoms with Gasteiger partial charge in [0.05, 0.1) is 33.3 Å². The Kier molecular flexibility index (Phi) is 3.39. The van der Waals surface area contributed by atoms with E-state index in [2.05, 4.69) is 10.1 Å². The molecule has 0 aliphatic rings. The van der Waals surface area contributed by atoms with E-state index in [0.29, 0.717) is 22.4 Å². The zero-order valence-corrected chi connectivity index (χ0v) is 13.6. The molecule has 3 aromatic heterocycles. The van der Waals surface area contributed by atoms with E-state index in [9.17, 15) is 9.90 Å². The highest BCUT2D eigenvalue weighted by atomic mass is 32.1. The molecule has 0 saturated carbocycles. The smallest absolute Gasteiger partial charge is 0.164 e. The van der Waals surface area contributed by atoms with Gasteiger partial charge in [-0.15, -0.1) is 11.3 Å². The number of carboxylic acids is 1. The lowest BCUT2D eigenvalue weighted by Crippen LogP contribution is -2.23. The van der Waals surface area contributed by atoms with Gasteiger partial charge in [0.25, 0.3) is 0 Å². The second-order valence-electron chi connectivity index (χ2n) is 5.35. The molecule has 5 nitrogen and oxygen atoms in total. The molecule has 0 N–H and O–H groups in total. The standard InChI is InChI=1S/C18H13N3O2S/c1-11-16-13(18(22)23)10-14(15-8-5-9-24-15)19-17(16)21(20-11)12-6-3-2-4-7-12/h2-10H,1H3,(H,22,23)/p-1. The number of rotatable bonds is 3. The molecule has 24 heavy (non-hydrogen) atoms. The molecule has 0 fully saturated rings. The minimum atomic E-state index is -1.23. The quantitative estimate of drug-likeness (QED) is 0.577. The number of nitrogens with zero attached hydrogens (tertiary/aromatic N) is 3. The molecule has 0 amide bonds. The van der Waals surface area contributed by atoms with Crippen molar-refractivity contribution in [2.75, 3.05) is 0 Å². The van der Waals surface area contributed by atoms with E-state index in [1.54, 1.807) is 17.7 Å². The first-order valence-electron chi connectivity index (χ1n) is 7.36. The van der Waals surface area contributed by atoms with Crippen LogP contribution in [-0.4, -0.2) is 20.7 Å². The van der Waals surface area contributed by atoms with Crippen molar-refractivity contribution >= 4 is 28.3 Å². The van der Waals surface area contributed by atoms with Gasteiger partial charge in [0, 0.05) is 5.56 Å². The van der Waals surface area contributed by atoms with E-state index >= 15 is 0 Å². The molecule has 1 aromatic carbocycles. The first-order valence-corrected chi connectivity index (χ1v) is 8.24. The zero-order chi connectivity index (χ0) is 16.7. The molecule has 0 atom stereocenters. The van der Waals surface area contributed by atoms with Crippen LogP contribution >= 0.6 is 11.3 Å². The van der Waals surface area contributed by atoms with Gasteiger partial charge >= 0.3 is 0 Å². The van der Waals surface area contributed by atoms with Gasteiger partial charge in [-0.25, -0.2) is 9.67 Å². The summed E-state index contributed by atoms with van der Waals surface area (Å²) in [4.78, 5) is 17.2. The third-order valence-electron chi connectivity index (χ3n) is 3.81. The molecule has 118 valence electrons. The van der Waals surface area contributed by atoms with Crippen LogP contribution in [-0.2, 0) is 0 Å². The average Bonchev–Trinajstić information content (AvgIpc) is 3.23. The maximum atomic E-state index is 11.7. The Hall–Kier alpha value is -2.99. The lowest BCUT2D eigenvalue weighted by atomic mass is 10.1. The van der Waals surface area contributed by atoms with Gasteiger partial charge in [0.15, 0.2) is 5.65 Å². The summed E-state index contributed by atoms with van der Waals surface area (Å²) in [5, 5.41) is 18.6. The maximum absolute atomic E-state index is 11.7. The number of thiophene rings is 1. The zero-order valence-electron chi connectivity index (χ0n) is 12.8. The number of carboxylic acid groups (broad SMARTS) is 1. The summed E-state index contributed by atoms with van der Waals surface area (Å²) in [7, 11) is 0. The van der Waals surface area contributed by atoms with Crippen molar-refractivity contribution in [2.45, 2.75) is 6.92 Å². The Balaban J connectivity index is 2.08. The third kappa shape index (κ3) is 2.28. The van der Waals surface area contributed by atoms with Crippen molar-refractivity contribution < 1.29 is 9.90 Å². The van der Waals surface area contributed by atoms with Crippen LogP contribution in [0.5, 0.6) is 0 Å². The second kappa shape index (κ2) is 5.58. The number of aromatic carboxylic acids is 1. The SMILES string of the molecule is Cc1nn(-c2ccccc2)c2nc(-c3cccs3)cc(C(=O)[O-])c12. The van der Waals surface area contributed by atoms with E-state index < -0.39 is 5.97 Å². The Morgan fingerprint density at radius 3 is 2.62 bits per heavy atom. The number of carbonyl (C=O) groups excluding carboxylic acids is 1. The highest BCUT2D eigenvalue weighted by molar-refractivity contribution is 7.13. The van der Waals surface area contributed by atoms with Crippen LogP contribution in [0.2, 0.25) is 0 Å². The number of para-hydroxylation sites is 1. The summed E-state index contributed by atoms with van der Waals surface area (Å²) in [6.07, 6.45) is 0. The predicted molar refractivity (Wildman–Crippen MR) is 91.2 cm³/mol. The summed E-state index contributed by atoms with van der Waals surface area (Å²) in [6, 6.07) is 14.9. The van der Waals surface area contributed by atoms with Gasteiger partial charge in [0.1, 0.15) is 0 Å². The van der Waals surface area contributed by atoms with Crippen molar-refractivity contribution in [1.29, 1.82) is 0 Å².